The van der Waals surface area contributed by atoms with Crippen molar-refractivity contribution in [3.8, 4) is 0 Å². The number of carbonyl (C=O) groups excluding carboxylic acids is 1. The topological polar surface area (TPSA) is 42.6 Å². The molecule has 0 aliphatic carbocycles. The first-order valence-corrected chi connectivity index (χ1v) is 7.87. The number of piperazine rings is 1. The molecule has 1 fully saturated rings. The Balaban J connectivity index is 1.60. The number of aromatic nitrogens is 1. The second kappa shape index (κ2) is 6.50. The van der Waals surface area contributed by atoms with Crippen molar-refractivity contribution in [3.63, 3.8) is 0 Å². The number of aromatic amines is 1. The first-order valence-electron chi connectivity index (χ1n) is 7.87. The van der Waals surface area contributed by atoms with Crippen molar-refractivity contribution in [1.82, 2.24) is 19.7 Å². The molecule has 1 saturated heterocycles. The van der Waals surface area contributed by atoms with Crippen LogP contribution in [0.2, 0.25) is 0 Å². The first kappa shape index (κ1) is 15.1. The third-order valence-electron chi connectivity index (χ3n) is 4.28. The summed E-state index contributed by atoms with van der Waals surface area (Å²) in [7, 11) is 4.19. The summed E-state index contributed by atoms with van der Waals surface area (Å²) in [5.74, 6) is 0.114. The summed E-state index contributed by atoms with van der Waals surface area (Å²) in [5, 5.41) is 1.09. The number of benzene rings is 1. The van der Waals surface area contributed by atoms with Gasteiger partial charge in [0.2, 0.25) is 0 Å². The largest absolute Gasteiger partial charge is 0.351 e. The lowest BCUT2D eigenvalue weighted by atomic mass is 10.2. The van der Waals surface area contributed by atoms with E-state index in [4.69, 9.17) is 0 Å². The number of carbonyl (C=O) groups is 1. The van der Waals surface area contributed by atoms with Crippen LogP contribution in [-0.2, 0) is 0 Å². The van der Waals surface area contributed by atoms with Gasteiger partial charge in [0.15, 0.2) is 0 Å². The van der Waals surface area contributed by atoms with Crippen LogP contribution in [0, 0.1) is 0 Å². The highest BCUT2D eigenvalue weighted by Gasteiger charge is 2.23. The molecule has 1 aliphatic rings. The SMILES string of the molecule is CN(C)CCN1CCN(C(=O)c2cc3ccccc3[nH]2)CC1. The molecular formula is C17H24N4O. The number of hydrogen-bond donors (Lipinski definition) is 1. The molecule has 2 heterocycles. The zero-order valence-electron chi connectivity index (χ0n) is 13.4. The maximum absolute atomic E-state index is 12.6. The van der Waals surface area contributed by atoms with Crippen LogP contribution >= 0.6 is 0 Å². The van der Waals surface area contributed by atoms with Crippen LogP contribution < -0.4 is 0 Å². The van der Waals surface area contributed by atoms with E-state index in [-0.39, 0.29) is 5.91 Å². The molecule has 5 heteroatoms. The van der Waals surface area contributed by atoms with Crippen molar-refractivity contribution in [1.29, 1.82) is 0 Å². The number of para-hydroxylation sites is 1. The molecule has 22 heavy (non-hydrogen) atoms. The summed E-state index contributed by atoms with van der Waals surface area (Å²) in [4.78, 5) is 22.4. The van der Waals surface area contributed by atoms with Gasteiger partial charge in [-0.25, -0.2) is 0 Å². The van der Waals surface area contributed by atoms with Crippen LogP contribution in [0.1, 0.15) is 10.5 Å². The highest BCUT2D eigenvalue weighted by molar-refractivity contribution is 5.98. The van der Waals surface area contributed by atoms with Crippen LogP contribution in [0.3, 0.4) is 0 Å². The Labute approximate surface area is 131 Å². The van der Waals surface area contributed by atoms with Gasteiger partial charge in [-0.2, -0.15) is 0 Å². The Bertz CT molecular complexity index is 608. The van der Waals surface area contributed by atoms with Crippen molar-refractivity contribution in [2.24, 2.45) is 0 Å². The molecule has 0 saturated carbocycles. The highest BCUT2D eigenvalue weighted by atomic mass is 16.2. The van der Waals surface area contributed by atoms with Gasteiger partial charge in [0.05, 0.1) is 0 Å². The van der Waals surface area contributed by atoms with Crippen LogP contribution in [0.15, 0.2) is 30.3 Å². The number of fused-ring (bicyclic) bond motifs is 1. The molecule has 1 aromatic heterocycles. The predicted octanol–water partition coefficient (Wildman–Crippen LogP) is 1.49. The minimum absolute atomic E-state index is 0.114. The van der Waals surface area contributed by atoms with E-state index in [1.165, 1.54) is 0 Å². The lowest BCUT2D eigenvalue weighted by molar-refractivity contribution is 0.0625. The number of rotatable bonds is 4. The Morgan fingerprint density at radius 1 is 1.18 bits per heavy atom. The van der Waals surface area contributed by atoms with Gasteiger partial charge in [-0.3, -0.25) is 9.69 Å². The molecule has 1 amide bonds. The molecule has 0 atom stereocenters. The molecule has 1 aliphatic heterocycles. The molecule has 118 valence electrons. The minimum Gasteiger partial charge on any atom is -0.351 e. The first-order chi connectivity index (χ1) is 10.6. The molecular weight excluding hydrogens is 276 g/mol. The van der Waals surface area contributed by atoms with Crippen molar-refractivity contribution in [2.45, 2.75) is 0 Å². The lowest BCUT2D eigenvalue weighted by Gasteiger charge is -2.35. The fourth-order valence-electron chi connectivity index (χ4n) is 2.87. The standard InChI is InChI=1S/C17H24N4O/c1-19(2)7-8-20-9-11-21(12-10-20)17(22)16-13-14-5-3-4-6-15(14)18-16/h3-6,13,18H,7-12H2,1-2H3. The third kappa shape index (κ3) is 3.31. The molecule has 0 spiro atoms. The van der Waals surface area contributed by atoms with E-state index in [1.807, 2.05) is 35.2 Å². The number of amides is 1. The summed E-state index contributed by atoms with van der Waals surface area (Å²) < 4.78 is 0. The highest BCUT2D eigenvalue weighted by Crippen LogP contribution is 2.16. The average molecular weight is 300 g/mol. The fraction of sp³-hybridized carbons (Fsp3) is 0.471. The van der Waals surface area contributed by atoms with E-state index in [9.17, 15) is 4.79 Å². The van der Waals surface area contributed by atoms with Gasteiger partial charge in [0.1, 0.15) is 5.69 Å². The van der Waals surface area contributed by atoms with E-state index in [1.54, 1.807) is 0 Å². The van der Waals surface area contributed by atoms with Gasteiger partial charge in [0.25, 0.3) is 5.91 Å². The van der Waals surface area contributed by atoms with Crippen molar-refractivity contribution < 1.29 is 4.79 Å². The summed E-state index contributed by atoms with van der Waals surface area (Å²) in [6.45, 7) is 5.67. The second-order valence-electron chi connectivity index (χ2n) is 6.21. The van der Waals surface area contributed by atoms with Crippen LogP contribution in [0.25, 0.3) is 10.9 Å². The second-order valence-corrected chi connectivity index (χ2v) is 6.21. The van der Waals surface area contributed by atoms with Crippen LogP contribution in [0.5, 0.6) is 0 Å². The quantitative estimate of drug-likeness (QED) is 0.930. The number of likely N-dealkylation sites (N-methyl/N-ethyl adjacent to an activating group) is 1. The summed E-state index contributed by atoms with van der Waals surface area (Å²) >= 11 is 0. The monoisotopic (exact) mass is 300 g/mol. The van der Waals surface area contributed by atoms with Gasteiger partial charge in [-0.05, 0) is 26.2 Å². The number of hydrogen-bond acceptors (Lipinski definition) is 3. The molecule has 1 aromatic carbocycles. The Morgan fingerprint density at radius 3 is 2.59 bits per heavy atom. The molecule has 3 rings (SSSR count). The minimum atomic E-state index is 0.114. The molecule has 2 aromatic rings. The normalized spacial score (nSPS) is 16.6. The van der Waals surface area contributed by atoms with Crippen LogP contribution in [0.4, 0.5) is 0 Å². The third-order valence-corrected chi connectivity index (χ3v) is 4.28. The Morgan fingerprint density at radius 2 is 1.91 bits per heavy atom. The van der Waals surface area contributed by atoms with E-state index >= 15 is 0 Å². The van der Waals surface area contributed by atoms with Gasteiger partial charge in [-0.1, -0.05) is 18.2 Å². The Hall–Kier alpha value is -1.85. The van der Waals surface area contributed by atoms with E-state index in [0.717, 1.165) is 50.2 Å². The van der Waals surface area contributed by atoms with Gasteiger partial charge in [0, 0.05) is 50.2 Å². The summed E-state index contributed by atoms with van der Waals surface area (Å²) in [6, 6.07) is 9.97. The number of nitrogens with one attached hydrogen (secondary N) is 1. The maximum atomic E-state index is 12.6. The summed E-state index contributed by atoms with van der Waals surface area (Å²) in [5.41, 5.74) is 1.72. The van der Waals surface area contributed by atoms with Gasteiger partial charge in [-0.15, -0.1) is 0 Å². The van der Waals surface area contributed by atoms with Crippen molar-refractivity contribution in [2.75, 3.05) is 53.4 Å². The molecule has 0 bridgehead atoms. The van der Waals surface area contributed by atoms with Gasteiger partial charge < -0.3 is 14.8 Å². The molecule has 0 unspecified atom stereocenters. The van der Waals surface area contributed by atoms with Gasteiger partial charge >= 0.3 is 0 Å². The van der Waals surface area contributed by atoms with E-state index in [2.05, 4.69) is 28.9 Å². The lowest BCUT2D eigenvalue weighted by Crippen LogP contribution is -2.50. The maximum Gasteiger partial charge on any atom is 0.270 e. The van der Waals surface area contributed by atoms with Crippen molar-refractivity contribution >= 4 is 16.8 Å². The molecule has 0 radical (unpaired) electrons. The zero-order chi connectivity index (χ0) is 15.5. The van der Waals surface area contributed by atoms with Crippen LogP contribution in [-0.4, -0.2) is 79.0 Å². The van der Waals surface area contributed by atoms with E-state index < -0.39 is 0 Å². The van der Waals surface area contributed by atoms with Crippen molar-refractivity contribution in [3.05, 3.63) is 36.0 Å². The number of H-pyrrole nitrogens is 1. The summed E-state index contributed by atoms with van der Waals surface area (Å²) in [6.07, 6.45) is 0. The molecule has 5 nitrogen and oxygen atoms in total. The van der Waals surface area contributed by atoms with E-state index in [0.29, 0.717) is 5.69 Å². The predicted molar refractivity (Wildman–Crippen MR) is 89.2 cm³/mol. The Kier molecular flexibility index (Phi) is 4.45. The average Bonchev–Trinajstić information content (AvgIpc) is 2.96. The zero-order valence-corrected chi connectivity index (χ0v) is 13.4. The molecule has 1 N–H and O–H groups in total. The number of nitrogens with zero attached hydrogens (tertiary/aromatic N) is 3. The smallest absolute Gasteiger partial charge is 0.270 e. The fourth-order valence-corrected chi connectivity index (χ4v) is 2.87.